The standard InChI is InChI=1S/C15H21FO/c1-10-6-13(8-14(16)7-10)15(17)5-4-11(2)12(3)9-15/h6-8,11-12,17H,4-5,9H2,1-3H3. The molecule has 1 fully saturated rings. The summed E-state index contributed by atoms with van der Waals surface area (Å²) in [5.74, 6) is 0.877. The van der Waals surface area contributed by atoms with E-state index in [1.807, 2.05) is 13.0 Å². The highest BCUT2D eigenvalue weighted by Crippen LogP contribution is 2.42. The van der Waals surface area contributed by atoms with Crippen molar-refractivity contribution < 1.29 is 9.50 Å². The fourth-order valence-electron chi connectivity index (χ4n) is 2.85. The Morgan fingerprint density at radius 2 is 1.94 bits per heavy atom. The van der Waals surface area contributed by atoms with Crippen LogP contribution in [0.3, 0.4) is 0 Å². The van der Waals surface area contributed by atoms with E-state index in [9.17, 15) is 9.50 Å². The van der Waals surface area contributed by atoms with Gasteiger partial charge >= 0.3 is 0 Å². The second kappa shape index (κ2) is 4.41. The minimum atomic E-state index is -0.835. The van der Waals surface area contributed by atoms with Gasteiger partial charge in [0.15, 0.2) is 0 Å². The molecule has 3 atom stereocenters. The number of aryl methyl sites for hydroxylation is 1. The average Bonchev–Trinajstić information content (AvgIpc) is 2.23. The number of benzene rings is 1. The monoisotopic (exact) mass is 236 g/mol. The van der Waals surface area contributed by atoms with Crippen molar-refractivity contribution >= 4 is 0 Å². The zero-order valence-corrected chi connectivity index (χ0v) is 10.8. The van der Waals surface area contributed by atoms with E-state index in [-0.39, 0.29) is 5.82 Å². The van der Waals surface area contributed by atoms with Gasteiger partial charge in [0.1, 0.15) is 5.82 Å². The zero-order valence-electron chi connectivity index (χ0n) is 10.8. The summed E-state index contributed by atoms with van der Waals surface area (Å²) in [6, 6.07) is 4.89. The van der Waals surface area contributed by atoms with Gasteiger partial charge < -0.3 is 5.11 Å². The molecule has 94 valence electrons. The molecule has 1 saturated carbocycles. The fourth-order valence-corrected chi connectivity index (χ4v) is 2.85. The van der Waals surface area contributed by atoms with Crippen molar-refractivity contribution in [2.24, 2.45) is 11.8 Å². The Bertz CT molecular complexity index is 395. The van der Waals surface area contributed by atoms with Crippen LogP contribution in [0.4, 0.5) is 4.39 Å². The molecule has 2 rings (SSSR count). The van der Waals surface area contributed by atoms with Gasteiger partial charge in [0.05, 0.1) is 5.60 Å². The summed E-state index contributed by atoms with van der Waals surface area (Å²) in [4.78, 5) is 0. The second-order valence-corrected chi connectivity index (χ2v) is 5.75. The predicted octanol–water partition coefficient (Wildman–Crippen LogP) is 3.78. The van der Waals surface area contributed by atoms with Crippen molar-refractivity contribution in [2.75, 3.05) is 0 Å². The van der Waals surface area contributed by atoms with Gasteiger partial charge in [0, 0.05) is 0 Å². The molecular weight excluding hydrogens is 215 g/mol. The molecular formula is C15H21FO. The minimum absolute atomic E-state index is 0.250. The van der Waals surface area contributed by atoms with Crippen LogP contribution in [0.5, 0.6) is 0 Å². The van der Waals surface area contributed by atoms with E-state index in [4.69, 9.17) is 0 Å². The van der Waals surface area contributed by atoms with Crippen molar-refractivity contribution in [2.45, 2.75) is 45.6 Å². The highest BCUT2D eigenvalue weighted by atomic mass is 19.1. The highest BCUT2D eigenvalue weighted by Gasteiger charge is 2.37. The molecule has 0 heterocycles. The molecule has 0 aromatic heterocycles. The summed E-state index contributed by atoms with van der Waals surface area (Å²) >= 11 is 0. The maximum atomic E-state index is 13.4. The molecule has 3 unspecified atom stereocenters. The third kappa shape index (κ3) is 2.52. The summed E-state index contributed by atoms with van der Waals surface area (Å²) in [5, 5.41) is 10.7. The summed E-state index contributed by atoms with van der Waals surface area (Å²) in [7, 11) is 0. The molecule has 1 aromatic carbocycles. The summed E-state index contributed by atoms with van der Waals surface area (Å²) < 4.78 is 13.4. The lowest BCUT2D eigenvalue weighted by molar-refractivity contribution is -0.0338. The van der Waals surface area contributed by atoms with Gasteiger partial charge in [-0.2, -0.15) is 0 Å². The van der Waals surface area contributed by atoms with Gasteiger partial charge in [-0.3, -0.25) is 0 Å². The smallest absolute Gasteiger partial charge is 0.123 e. The van der Waals surface area contributed by atoms with Crippen molar-refractivity contribution in [3.05, 3.63) is 35.1 Å². The molecule has 1 aliphatic rings. The number of halogens is 1. The van der Waals surface area contributed by atoms with E-state index < -0.39 is 5.60 Å². The van der Waals surface area contributed by atoms with Crippen LogP contribution in [-0.4, -0.2) is 5.11 Å². The van der Waals surface area contributed by atoms with E-state index in [0.717, 1.165) is 30.4 Å². The van der Waals surface area contributed by atoms with Crippen LogP contribution in [0, 0.1) is 24.6 Å². The number of hydrogen-bond donors (Lipinski definition) is 1. The Morgan fingerprint density at radius 1 is 1.24 bits per heavy atom. The largest absolute Gasteiger partial charge is 0.385 e. The van der Waals surface area contributed by atoms with Gasteiger partial charge in [-0.15, -0.1) is 0 Å². The van der Waals surface area contributed by atoms with Crippen LogP contribution >= 0.6 is 0 Å². The van der Waals surface area contributed by atoms with E-state index in [1.165, 1.54) is 12.1 Å². The van der Waals surface area contributed by atoms with Crippen LogP contribution in [0.25, 0.3) is 0 Å². The lowest BCUT2D eigenvalue weighted by Gasteiger charge is -2.39. The van der Waals surface area contributed by atoms with Gasteiger partial charge in [-0.05, 0) is 61.3 Å². The normalized spacial score (nSPS) is 33.7. The van der Waals surface area contributed by atoms with E-state index in [2.05, 4.69) is 13.8 Å². The van der Waals surface area contributed by atoms with Gasteiger partial charge in [0.2, 0.25) is 0 Å². The van der Waals surface area contributed by atoms with E-state index in [0.29, 0.717) is 11.8 Å². The first kappa shape index (κ1) is 12.6. The van der Waals surface area contributed by atoms with E-state index in [1.54, 1.807) is 0 Å². The third-order valence-corrected chi connectivity index (χ3v) is 4.22. The molecule has 1 nitrogen and oxygen atoms in total. The molecule has 0 saturated heterocycles. The molecule has 17 heavy (non-hydrogen) atoms. The number of aliphatic hydroxyl groups is 1. The first-order valence-corrected chi connectivity index (χ1v) is 6.41. The molecule has 0 bridgehead atoms. The molecule has 0 amide bonds. The second-order valence-electron chi connectivity index (χ2n) is 5.75. The van der Waals surface area contributed by atoms with Gasteiger partial charge in [-0.25, -0.2) is 4.39 Å². The SMILES string of the molecule is Cc1cc(F)cc(C2(O)CCC(C)C(C)C2)c1. The lowest BCUT2D eigenvalue weighted by atomic mass is 9.70. The number of hydrogen-bond acceptors (Lipinski definition) is 1. The molecule has 0 aliphatic heterocycles. The Hall–Kier alpha value is -0.890. The Balaban J connectivity index is 2.31. The Labute approximate surface area is 103 Å². The Morgan fingerprint density at radius 3 is 2.53 bits per heavy atom. The molecule has 2 heteroatoms. The fraction of sp³-hybridized carbons (Fsp3) is 0.600. The molecule has 1 N–H and O–H groups in total. The van der Waals surface area contributed by atoms with Crippen LogP contribution in [0.1, 0.15) is 44.2 Å². The van der Waals surface area contributed by atoms with E-state index >= 15 is 0 Å². The molecule has 1 aromatic rings. The average molecular weight is 236 g/mol. The summed E-state index contributed by atoms with van der Waals surface area (Å²) in [6.07, 6.45) is 2.48. The molecule has 0 radical (unpaired) electrons. The van der Waals surface area contributed by atoms with Crippen LogP contribution in [-0.2, 0) is 5.60 Å². The topological polar surface area (TPSA) is 20.2 Å². The zero-order chi connectivity index (χ0) is 12.6. The van der Waals surface area contributed by atoms with Crippen LogP contribution in [0.2, 0.25) is 0 Å². The highest BCUT2D eigenvalue weighted by molar-refractivity contribution is 5.29. The quantitative estimate of drug-likeness (QED) is 0.786. The lowest BCUT2D eigenvalue weighted by Crippen LogP contribution is -2.35. The van der Waals surface area contributed by atoms with Crippen LogP contribution in [0.15, 0.2) is 18.2 Å². The van der Waals surface area contributed by atoms with Crippen molar-refractivity contribution in [1.29, 1.82) is 0 Å². The minimum Gasteiger partial charge on any atom is -0.385 e. The summed E-state index contributed by atoms with van der Waals surface area (Å²) in [5.41, 5.74) is 0.784. The molecule has 1 aliphatic carbocycles. The first-order valence-electron chi connectivity index (χ1n) is 6.41. The summed E-state index contributed by atoms with van der Waals surface area (Å²) in [6.45, 7) is 6.26. The molecule has 0 spiro atoms. The van der Waals surface area contributed by atoms with Gasteiger partial charge in [0.25, 0.3) is 0 Å². The first-order chi connectivity index (χ1) is 7.90. The Kier molecular flexibility index (Phi) is 3.26. The van der Waals surface area contributed by atoms with Crippen molar-refractivity contribution in [3.63, 3.8) is 0 Å². The maximum Gasteiger partial charge on any atom is 0.123 e. The third-order valence-electron chi connectivity index (χ3n) is 4.22. The van der Waals surface area contributed by atoms with Crippen molar-refractivity contribution in [3.8, 4) is 0 Å². The van der Waals surface area contributed by atoms with Gasteiger partial charge in [-0.1, -0.05) is 19.9 Å². The van der Waals surface area contributed by atoms with Crippen molar-refractivity contribution in [1.82, 2.24) is 0 Å². The van der Waals surface area contributed by atoms with Crippen LogP contribution < -0.4 is 0 Å². The number of rotatable bonds is 1. The maximum absolute atomic E-state index is 13.4. The predicted molar refractivity (Wildman–Crippen MR) is 67.2 cm³/mol.